The summed E-state index contributed by atoms with van der Waals surface area (Å²) in [4.78, 5) is 18.0. The highest BCUT2D eigenvalue weighted by atomic mass is 35.5. The molecule has 0 spiro atoms. The molecule has 5 nitrogen and oxygen atoms in total. The first-order chi connectivity index (χ1) is 11.1. The molecule has 2 N–H and O–H groups in total. The molecular weight excluding hydrogens is 330 g/mol. The number of pyridine rings is 2. The van der Waals surface area contributed by atoms with Gasteiger partial charge < -0.3 is 5.73 Å². The van der Waals surface area contributed by atoms with Gasteiger partial charge in [-0.25, -0.2) is 9.97 Å². The summed E-state index contributed by atoms with van der Waals surface area (Å²) in [6, 6.07) is 5.46. The number of aliphatic imine (C=N–C) groups is 1. The highest BCUT2D eigenvalue weighted by molar-refractivity contribution is 7.12. The molecule has 0 radical (unpaired) electrons. The first kappa shape index (κ1) is 15.6. The Hall–Kier alpha value is -2.31. The second kappa shape index (κ2) is 6.44. The molecule has 0 unspecified atom stereocenters. The molecule has 3 aromatic rings. The largest absolute Gasteiger partial charge is 0.397 e. The maximum absolute atomic E-state index is 6.33. The van der Waals surface area contributed by atoms with Crippen LogP contribution in [0.1, 0.15) is 15.4 Å². The monoisotopic (exact) mass is 343 g/mol. The zero-order chi connectivity index (χ0) is 16.4. The van der Waals surface area contributed by atoms with Crippen molar-refractivity contribution >= 4 is 51.5 Å². The fourth-order valence-electron chi connectivity index (χ4n) is 2.18. The van der Waals surface area contributed by atoms with Crippen LogP contribution in [-0.4, -0.2) is 28.2 Å². The van der Waals surface area contributed by atoms with Crippen molar-refractivity contribution in [3.8, 4) is 0 Å². The van der Waals surface area contributed by atoms with Crippen molar-refractivity contribution in [2.45, 2.75) is 6.92 Å². The minimum absolute atomic E-state index is 0.428. The lowest BCUT2D eigenvalue weighted by molar-refractivity contribution is 1.29. The van der Waals surface area contributed by atoms with Crippen molar-refractivity contribution in [3.05, 3.63) is 51.2 Å². The lowest BCUT2D eigenvalue weighted by atomic mass is 10.1. The molecule has 0 aliphatic heterocycles. The number of hydrogen-bond donors (Lipinski definition) is 1. The van der Waals surface area contributed by atoms with E-state index in [1.807, 2.05) is 19.1 Å². The van der Waals surface area contributed by atoms with Crippen molar-refractivity contribution in [1.29, 1.82) is 0 Å². The number of aryl methyl sites for hydroxylation is 1. The van der Waals surface area contributed by atoms with Gasteiger partial charge in [0.25, 0.3) is 0 Å². The fraction of sp³-hybridized carbons (Fsp3) is 0.125. The van der Waals surface area contributed by atoms with Crippen LogP contribution in [0.15, 0.2) is 35.6 Å². The van der Waals surface area contributed by atoms with Gasteiger partial charge in [-0.3, -0.25) is 9.98 Å². The van der Waals surface area contributed by atoms with Crippen molar-refractivity contribution in [2.75, 3.05) is 7.05 Å². The molecule has 0 bridgehead atoms. The van der Waals surface area contributed by atoms with E-state index in [-0.39, 0.29) is 0 Å². The van der Waals surface area contributed by atoms with Crippen LogP contribution in [0.25, 0.3) is 22.3 Å². The summed E-state index contributed by atoms with van der Waals surface area (Å²) >= 11 is 7.50. The summed E-state index contributed by atoms with van der Waals surface area (Å²) in [5.74, 6) is 0. The van der Waals surface area contributed by atoms with Crippen LogP contribution >= 0.6 is 22.9 Å². The van der Waals surface area contributed by atoms with Gasteiger partial charge in [-0.1, -0.05) is 11.6 Å². The molecule has 116 valence electrons. The van der Waals surface area contributed by atoms with Gasteiger partial charge in [0, 0.05) is 36.8 Å². The average Bonchev–Trinajstić information content (AvgIpc) is 2.98. The second-order valence-corrected chi connectivity index (χ2v) is 6.48. The molecule has 0 amide bonds. The lowest BCUT2D eigenvalue weighted by Gasteiger charge is -2.07. The minimum atomic E-state index is 0.428. The first-order valence-electron chi connectivity index (χ1n) is 6.86. The third kappa shape index (κ3) is 3.23. The standard InChI is InChI=1S/C16H14ClN5S/c1-9-20-8-14(23-9)16(18)11(7-19-2)10-5-13-12(21-6-10)3-4-15(17)22-13/h3-8H,18H2,1-2H3. The molecule has 0 aliphatic carbocycles. The van der Waals surface area contributed by atoms with Gasteiger partial charge in [0.15, 0.2) is 0 Å². The molecule has 0 aromatic carbocycles. The SMILES string of the molecule is CN=CC(=C(N)c1cnc(C)s1)c1cnc2ccc(Cl)nc2c1. The normalized spacial score (nSPS) is 12.8. The molecule has 0 atom stereocenters. The number of nitrogens with zero attached hydrogens (tertiary/aromatic N) is 4. The van der Waals surface area contributed by atoms with E-state index in [0.29, 0.717) is 16.4 Å². The number of rotatable bonds is 3. The zero-order valence-electron chi connectivity index (χ0n) is 12.6. The van der Waals surface area contributed by atoms with Crippen molar-refractivity contribution in [1.82, 2.24) is 15.0 Å². The molecule has 3 rings (SSSR count). The molecule has 7 heteroatoms. The Morgan fingerprint density at radius 2 is 2.09 bits per heavy atom. The molecule has 0 aliphatic rings. The van der Waals surface area contributed by atoms with E-state index in [1.165, 1.54) is 11.3 Å². The molecule has 3 aromatic heterocycles. The number of aromatic nitrogens is 3. The summed E-state index contributed by atoms with van der Waals surface area (Å²) in [6.07, 6.45) is 5.25. The Balaban J connectivity index is 2.18. The maximum Gasteiger partial charge on any atom is 0.129 e. The van der Waals surface area contributed by atoms with E-state index in [4.69, 9.17) is 17.3 Å². The van der Waals surface area contributed by atoms with E-state index in [2.05, 4.69) is 19.9 Å². The molecule has 0 saturated heterocycles. The molecule has 0 saturated carbocycles. The van der Waals surface area contributed by atoms with Gasteiger partial charge in [0.2, 0.25) is 0 Å². The molecule has 0 fully saturated rings. The Labute approximate surface area is 142 Å². The lowest BCUT2D eigenvalue weighted by Crippen LogP contribution is -2.02. The number of allylic oxidation sites excluding steroid dienone is 1. The van der Waals surface area contributed by atoms with Crippen LogP contribution in [-0.2, 0) is 0 Å². The smallest absolute Gasteiger partial charge is 0.129 e. The number of hydrogen-bond acceptors (Lipinski definition) is 6. The quantitative estimate of drug-likeness (QED) is 0.582. The van der Waals surface area contributed by atoms with E-state index in [1.54, 1.807) is 31.7 Å². The van der Waals surface area contributed by atoms with Gasteiger partial charge in [-0.2, -0.15) is 0 Å². The number of fused-ring (bicyclic) bond motifs is 1. The van der Waals surface area contributed by atoms with Gasteiger partial charge in [-0.05, 0) is 25.1 Å². The number of thiazole rings is 1. The summed E-state index contributed by atoms with van der Waals surface area (Å²) in [7, 11) is 1.70. The van der Waals surface area contributed by atoms with E-state index in [9.17, 15) is 0 Å². The minimum Gasteiger partial charge on any atom is -0.397 e. The third-order valence-corrected chi connectivity index (χ3v) is 4.41. The van der Waals surface area contributed by atoms with Crippen LogP contribution in [0.5, 0.6) is 0 Å². The predicted molar refractivity (Wildman–Crippen MR) is 96.8 cm³/mol. The Morgan fingerprint density at radius 3 is 2.78 bits per heavy atom. The Kier molecular flexibility index (Phi) is 4.36. The Bertz CT molecular complexity index is 929. The first-order valence-corrected chi connectivity index (χ1v) is 8.05. The van der Waals surface area contributed by atoms with Crippen molar-refractivity contribution in [2.24, 2.45) is 10.7 Å². The average molecular weight is 344 g/mol. The van der Waals surface area contributed by atoms with Crippen LogP contribution in [0.3, 0.4) is 0 Å². The molecular formula is C16H14ClN5S. The number of halogens is 1. The van der Waals surface area contributed by atoms with Crippen molar-refractivity contribution in [3.63, 3.8) is 0 Å². The topological polar surface area (TPSA) is 77.0 Å². The highest BCUT2D eigenvalue weighted by Gasteiger charge is 2.11. The van der Waals surface area contributed by atoms with E-state index >= 15 is 0 Å². The predicted octanol–water partition coefficient (Wildman–Crippen LogP) is 3.58. The molecule has 3 heterocycles. The summed E-state index contributed by atoms with van der Waals surface area (Å²) in [5, 5.41) is 1.39. The van der Waals surface area contributed by atoms with Gasteiger partial charge in [-0.15, -0.1) is 11.3 Å². The highest BCUT2D eigenvalue weighted by Crippen LogP contribution is 2.26. The fourth-order valence-corrected chi connectivity index (χ4v) is 3.08. The summed E-state index contributed by atoms with van der Waals surface area (Å²) < 4.78 is 0. The summed E-state index contributed by atoms with van der Waals surface area (Å²) in [5.41, 5.74) is 10.1. The van der Waals surface area contributed by atoms with Gasteiger partial charge >= 0.3 is 0 Å². The zero-order valence-corrected chi connectivity index (χ0v) is 14.2. The summed E-state index contributed by atoms with van der Waals surface area (Å²) in [6.45, 7) is 1.94. The van der Waals surface area contributed by atoms with Crippen LogP contribution in [0.2, 0.25) is 5.15 Å². The van der Waals surface area contributed by atoms with Crippen LogP contribution in [0, 0.1) is 6.92 Å². The van der Waals surface area contributed by atoms with Crippen LogP contribution < -0.4 is 5.73 Å². The van der Waals surface area contributed by atoms with Crippen LogP contribution in [0.4, 0.5) is 0 Å². The Morgan fingerprint density at radius 1 is 1.26 bits per heavy atom. The maximum atomic E-state index is 6.33. The number of nitrogens with two attached hydrogens (primary N) is 1. The second-order valence-electron chi connectivity index (χ2n) is 4.85. The van der Waals surface area contributed by atoms with E-state index in [0.717, 1.165) is 26.5 Å². The third-order valence-electron chi connectivity index (χ3n) is 3.25. The van der Waals surface area contributed by atoms with Crippen molar-refractivity contribution < 1.29 is 0 Å². The van der Waals surface area contributed by atoms with E-state index < -0.39 is 0 Å². The molecule has 23 heavy (non-hydrogen) atoms. The van der Waals surface area contributed by atoms with Gasteiger partial charge in [0.05, 0.1) is 26.6 Å². The van der Waals surface area contributed by atoms with Gasteiger partial charge in [0.1, 0.15) is 5.15 Å².